The van der Waals surface area contributed by atoms with Crippen molar-refractivity contribution in [2.75, 3.05) is 6.54 Å². The second kappa shape index (κ2) is 4.44. The summed E-state index contributed by atoms with van der Waals surface area (Å²) < 4.78 is 2.06. The number of aromatic nitrogens is 2. The molecule has 0 bridgehead atoms. The van der Waals surface area contributed by atoms with Crippen molar-refractivity contribution in [3.63, 3.8) is 0 Å². The number of hydrogen-bond acceptors (Lipinski definition) is 3. The molecule has 5 nitrogen and oxygen atoms in total. The third-order valence-electron chi connectivity index (χ3n) is 2.92. The van der Waals surface area contributed by atoms with Gasteiger partial charge in [-0.15, -0.1) is 0 Å². The maximum Gasteiger partial charge on any atom is 0.234 e. The van der Waals surface area contributed by atoms with Gasteiger partial charge in [0, 0.05) is 18.4 Å². The third kappa shape index (κ3) is 2.18. The Morgan fingerprint density at radius 2 is 2.47 bits per heavy atom. The van der Waals surface area contributed by atoms with Crippen LogP contribution in [0.4, 0.5) is 0 Å². The van der Waals surface area contributed by atoms with Crippen LogP contribution in [0, 0.1) is 0 Å². The summed E-state index contributed by atoms with van der Waals surface area (Å²) in [6.07, 6.45) is 8.76. The Morgan fingerprint density at radius 1 is 1.60 bits per heavy atom. The Labute approximate surface area is 88.7 Å². The van der Waals surface area contributed by atoms with Crippen molar-refractivity contribution in [3.8, 4) is 0 Å². The quantitative estimate of drug-likeness (QED) is 0.737. The molecule has 1 heterocycles. The van der Waals surface area contributed by atoms with Crippen molar-refractivity contribution in [1.82, 2.24) is 14.9 Å². The molecule has 0 spiro atoms. The lowest BCUT2D eigenvalue weighted by molar-refractivity contribution is -0.120. The number of carbonyl (C=O) groups is 1. The summed E-state index contributed by atoms with van der Waals surface area (Å²) in [5, 5.41) is 2.95. The van der Waals surface area contributed by atoms with Gasteiger partial charge >= 0.3 is 0 Å². The van der Waals surface area contributed by atoms with Crippen LogP contribution in [0.15, 0.2) is 18.7 Å². The van der Waals surface area contributed by atoms with Gasteiger partial charge in [-0.2, -0.15) is 0 Å². The smallest absolute Gasteiger partial charge is 0.234 e. The summed E-state index contributed by atoms with van der Waals surface area (Å²) in [7, 11) is 0. The molecule has 15 heavy (non-hydrogen) atoms. The molecule has 2 atom stereocenters. The maximum absolute atomic E-state index is 11.2. The lowest BCUT2D eigenvalue weighted by Gasteiger charge is -2.21. The van der Waals surface area contributed by atoms with Crippen LogP contribution < -0.4 is 11.1 Å². The highest BCUT2D eigenvalue weighted by Crippen LogP contribution is 2.29. The first-order valence-corrected chi connectivity index (χ1v) is 5.28. The van der Waals surface area contributed by atoms with Gasteiger partial charge in [0.15, 0.2) is 0 Å². The fourth-order valence-electron chi connectivity index (χ4n) is 2.20. The van der Waals surface area contributed by atoms with Gasteiger partial charge in [-0.1, -0.05) is 0 Å². The number of nitrogens with zero attached hydrogens (tertiary/aromatic N) is 2. The fourth-order valence-corrected chi connectivity index (χ4v) is 2.20. The van der Waals surface area contributed by atoms with Crippen LogP contribution in [-0.2, 0) is 4.79 Å². The normalized spacial score (nSPS) is 25.4. The summed E-state index contributed by atoms with van der Waals surface area (Å²) in [4.78, 5) is 15.2. The van der Waals surface area contributed by atoms with Crippen molar-refractivity contribution in [1.29, 1.82) is 0 Å². The lowest BCUT2D eigenvalue weighted by Crippen LogP contribution is -2.41. The molecular weight excluding hydrogens is 192 g/mol. The molecule has 1 fully saturated rings. The number of hydrogen-bond donors (Lipinski definition) is 2. The van der Waals surface area contributed by atoms with Crippen LogP contribution in [0.1, 0.15) is 25.3 Å². The van der Waals surface area contributed by atoms with E-state index in [-0.39, 0.29) is 18.5 Å². The molecule has 5 heteroatoms. The van der Waals surface area contributed by atoms with Gasteiger partial charge in [0.05, 0.1) is 18.9 Å². The molecule has 1 aromatic heterocycles. The maximum atomic E-state index is 11.2. The van der Waals surface area contributed by atoms with Crippen molar-refractivity contribution in [3.05, 3.63) is 18.7 Å². The van der Waals surface area contributed by atoms with Crippen LogP contribution in [0.3, 0.4) is 0 Å². The van der Waals surface area contributed by atoms with Gasteiger partial charge in [0.2, 0.25) is 5.91 Å². The van der Waals surface area contributed by atoms with Crippen LogP contribution in [0.25, 0.3) is 0 Å². The molecule has 1 aliphatic carbocycles. The van der Waals surface area contributed by atoms with E-state index >= 15 is 0 Å². The van der Waals surface area contributed by atoms with E-state index in [1.807, 2.05) is 6.20 Å². The van der Waals surface area contributed by atoms with E-state index in [4.69, 9.17) is 5.73 Å². The van der Waals surface area contributed by atoms with E-state index in [0.29, 0.717) is 6.04 Å². The predicted octanol–water partition coefficient (Wildman–Crippen LogP) is 0.0516. The van der Waals surface area contributed by atoms with Crippen LogP contribution >= 0.6 is 0 Å². The molecule has 0 aliphatic heterocycles. The zero-order valence-electron chi connectivity index (χ0n) is 8.60. The highest BCUT2D eigenvalue weighted by molar-refractivity contribution is 5.78. The van der Waals surface area contributed by atoms with E-state index < -0.39 is 0 Å². The molecule has 1 saturated carbocycles. The Hall–Kier alpha value is -1.36. The molecule has 82 valence electrons. The van der Waals surface area contributed by atoms with Gasteiger partial charge in [-0.05, 0) is 19.3 Å². The highest BCUT2D eigenvalue weighted by atomic mass is 16.1. The largest absolute Gasteiger partial charge is 0.350 e. The standard InChI is InChI=1S/C10H16N4O/c11-6-10(15)13-8-2-1-3-9(8)14-5-4-12-7-14/h4-5,7-9H,1-3,6,11H2,(H,13,15). The van der Waals surface area contributed by atoms with Crippen molar-refractivity contribution < 1.29 is 4.79 Å². The molecule has 2 unspecified atom stereocenters. The lowest BCUT2D eigenvalue weighted by atomic mass is 10.1. The predicted molar refractivity (Wildman–Crippen MR) is 56.1 cm³/mol. The second-order valence-corrected chi connectivity index (χ2v) is 3.89. The van der Waals surface area contributed by atoms with E-state index in [0.717, 1.165) is 19.3 Å². The number of amides is 1. The molecule has 0 saturated heterocycles. The zero-order valence-corrected chi connectivity index (χ0v) is 8.60. The van der Waals surface area contributed by atoms with E-state index in [1.165, 1.54) is 0 Å². The van der Waals surface area contributed by atoms with Gasteiger partial charge in [0.1, 0.15) is 0 Å². The number of nitrogens with two attached hydrogens (primary N) is 1. The number of carbonyl (C=O) groups excluding carboxylic acids is 1. The monoisotopic (exact) mass is 208 g/mol. The summed E-state index contributed by atoms with van der Waals surface area (Å²) in [6.45, 7) is 0.0626. The molecular formula is C10H16N4O. The van der Waals surface area contributed by atoms with E-state index in [9.17, 15) is 4.79 Å². The summed E-state index contributed by atoms with van der Waals surface area (Å²) >= 11 is 0. The number of imidazole rings is 1. The van der Waals surface area contributed by atoms with Gasteiger partial charge in [-0.3, -0.25) is 4.79 Å². The summed E-state index contributed by atoms with van der Waals surface area (Å²) in [5.74, 6) is -0.0768. The van der Waals surface area contributed by atoms with Crippen molar-refractivity contribution >= 4 is 5.91 Å². The van der Waals surface area contributed by atoms with Crippen molar-refractivity contribution in [2.24, 2.45) is 5.73 Å². The Balaban J connectivity index is 2.02. The number of nitrogens with one attached hydrogen (secondary N) is 1. The van der Waals surface area contributed by atoms with Crippen LogP contribution in [-0.4, -0.2) is 28.0 Å². The first-order chi connectivity index (χ1) is 7.31. The Bertz CT molecular complexity index is 322. The molecule has 1 aromatic rings. The van der Waals surface area contributed by atoms with Gasteiger partial charge in [0.25, 0.3) is 0 Å². The number of rotatable bonds is 3. The molecule has 1 aliphatic rings. The minimum absolute atomic E-state index is 0.0626. The van der Waals surface area contributed by atoms with E-state index in [1.54, 1.807) is 12.5 Å². The molecule has 1 amide bonds. The second-order valence-electron chi connectivity index (χ2n) is 3.89. The Morgan fingerprint density at radius 3 is 3.13 bits per heavy atom. The minimum Gasteiger partial charge on any atom is -0.350 e. The molecule has 2 rings (SSSR count). The average Bonchev–Trinajstić information content (AvgIpc) is 2.86. The van der Waals surface area contributed by atoms with E-state index in [2.05, 4.69) is 14.9 Å². The Kier molecular flexibility index (Phi) is 3.01. The van der Waals surface area contributed by atoms with Crippen molar-refractivity contribution in [2.45, 2.75) is 31.3 Å². The molecule has 0 aromatic carbocycles. The SMILES string of the molecule is NCC(=O)NC1CCCC1n1ccnc1. The summed E-state index contributed by atoms with van der Waals surface area (Å²) in [6, 6.07) is 0.540. The van der Waals surface area contributed by atoms with Gasteiger partial charge in [-0.25, -0.2) is 4.98 Å². The molecule has 3 N–H and O–H groups in total. The topological polar surface area (TPSA) is 72.9 Å². The zero-order chi connectivity index (χ0) is 10.7. The van der Waals surface area contributed by atoms with Crippen LogP contribution in [0.2, 0.25) is 0 Å². The molecule has 0 radical (unpaired) electrons. The first kappa shape index (κ1) is 10.2. The highest BCUT2D eigenvalue weighted by Gasteiger charge is 2.29. The minimum atomic E-state index is -0.0768. The van der Waals surface area contributed by atoms with Gasteiger partial charge < -0.3 is 15.6 Å². The average molecular weight is 208 g/mol. The summed E-state index contributed by atoms with van der Waals surface area (Å²) in [5.41, 5.74) is 5.28. The first-order valence-electron chi connectivity index (χ1n) is 5.28. The fraction of sp³-hybridized carbons (Fsp3) is 0.600. The van der Waals surface area contributed by atoms with Crippen LogP contribution in [0.5, 0.6) is 0 Å². The third-order valence-corrected chi connectivity index (χ3v) is 2.92.